The van der Waals surface area contributed by atoms with Crippen molar-refractivity contribution in [2.24, 2.45) is 5.92 Å². The maximum Gasteiger partial charge on any atom is 0.251 e. The third-order valence-electron chi connectivity index (χ3n) is 4.76. The fourth-order valence-electron chi connectivity index (χ4n) is 3.00. The van der Waals surface area contributed by atoms with Gasteiger partial charge in [-0.25, -0.2) is 9.36 Å². The third kappa shape index (κ3) is 3.96. The summed E-state index contributed by atoms with van der Waals surface area (Å²) in [7, 11) is 1.44. The minimum absolute atomic E-state index is 0.144. The zero-order chi connectivity index (χ0) is 20.2. The lowest BCUT2D eigenvalue weighted by Crippen LogP contribution is -2.20. The Bertz CT molecular complexity index is 1100. The molecule has 1 aromatic carbocycles. The van der Waals surface area contributed by atoms with Crippen molar-refractivity contribution in [3.63, 3.8) is 0 Å². The molecule has 0 spiro atoms. The summed E-state index contributed by atoms with van der Waals surface area (Å²) in [6.45, 7) is 0.863. The number of benzene rings is 1. The lowest BCUT2D eigenvalue weighted by Gasteiger charge is -2.12. The Hall–Kier alpha value is -3.68. The highest BCUT2D eigenvalue weighted by Crippen LogP contribution is 2.27. The van der Waals surface area contributed by atoms with E-state index in [0.29, 0.717) is 17.3 Å². The zero-order valence-corrected chi connectivity index (χ0v) is 16.1. The largest absolute Gasteiger partial charge is 0.491 e. The van der Waals surface area contributed by atoms with Gasteiger partial charge < -0.3 is 15.5 Å². The molecule has 29 heavy (non-hydrogen) atoms. The smallest absolute Gasteiger partial charge is 0.251 e. The second-order valence-electron chi connectivity index (χ2n) is 6.85. The van der Waals surface area contributed by atoms with Gasteiger partial charge in [-0.1, -0.05) is 18.2 Å². The van der Waals surface area contributed by atoms with Crippen LogP contribution < -0.4 is 15.5 Å². The fraction of sp³-hybridized carbons (Fsp3) is 0.238. The molecule has 1 fully saturated rings. The predicted molar refractivity (Wildman–Crippen MR) is 111 cm³/mol. The molecule has 3 aromatic rings. The number of nitrogens with zero attached hydrogens (tertiary/aromatic N) is 4. The van der Waals surface area contributed by atoms with Crippen molar-refractivity contribution >= 4 is 11.9 Å². The Balaban J connectivity index is 1.78. The Morgan fingerprint density at radius 2 is 2.10 bits per heavy atom. The van der Waals surface area contributed by atoms with E-state index in [0.717, 1.165) is 12.2 Å². The van der Waals surface area contributed by atoms with Crippen LogP contribution in [0.15, 0.2) is 59.8 Å². The molecule has 8 heteroatoms. The van der Waals surface area contributed by atoms with Crippen LogP contribution in [0.1, 0.15) is 12.8 Å². The molecule has 8 nitrogen and oxygen atoms in total. The van der Waals surface area contributed by atoms with Gasteiger partial charge in [0, 0.05) is 19.0 Å². The van der Waals surface area contributed by atoms with Crippen molar-refractivity contribution in [2.75, 3.05) is 13.7 Å². The van der Waals surface area contributed by atoms with Gasteiger partial charge in [-0.3, -0.25) is 4.79 Å². The molecule has 0 bridgehead atoms. The average molecular weight is 390 g/mol. The number of ether oxygens (including phenoxy) is 1. The van der Waals surface area contributed by atoms with Gasteiger partial charge >= 0.3 is 0 Å². The number of rotatable bonds is 8. The van der Waals surface area contributed by atoms with Crippen molar-refractivity contribution in [3.05, 3.63) is 65.2 Å². The molecule has 1 aliphatic carbocycles. The van der Waals surface area contributed by atoms with Gasteiger partial charge in [0.1, 0.15) is 0 Å². The maximum atomic E-state index is 12.9. The van der Waals surface area contributed by atoms with Crippen LogP contribution in [0.3, 0.4) is 0 Å². The summed E-state index contributed by atoms with van der Waals surface area (Å²) in [5, 5.41) is 19.8. The van der Waals surface area contributed by atoms with E-state index in [1.165, 1.54) is 37.0 Å². The first-order valence-electron chi connectivity index (χ1n) is 9.43. The van der Waals surface area contributed by atoms with Crippen LogP contribution in [0.4, 0.5) is 0 Å². The summed E-state index contributed by atoms with van der Waals surface area (Å²) in [5.74, 6) is 0.844. The van der Waals surface area contributed by atoms with E-state index in [4.69, 9.17) is 10.1 Å². The number of para-hydroxylation sites is 1. The van der Waals surface area contributed by atoms with Crippen LogP contribution in [0.5, 0.6) is 5.75 Å². The standard InChI is InChI=1S/C21H22N6O2/c1-29-19-14-26(17(11-22)13-23-12-15-7-8-15)25-20(21(19)28)18-9-10-24-27(18)16-5-3-2-4-6-16/h2-6,9-11,13-15,22-23H,7-8,12H2,1H3/b17-13+,22-11?. The van der Waals surface area contributed by atoms with Gasteiger partial charge in [0.25, 0.3) is 5.43 Å². The molecule has 2 N–H and O–H groups in total. The first-order valence-corrected chi connectivity index (χ1v) is 9.43. The number of allylic oxidation sites excluding steroid dienone is 1. The van der Waals surface area contributed by atoms with E-state index in [2.05, 4.69) is 15.5 Å². The van der Waals surface area contributed by atoms with Gasteiger partial charge in [-0.2, -0.15) is 10.2 Å². The number of hydrogen-bond acceptors (Lipinski definition) is 6. The number of aromatic nitrogens is 4. The Labute approximate surface area is 168 Å². The highest BCUT2D eigenvalue weighted by molar-refractivity contribution is 5.99. The Kier molecular flexibility index (Phi) is 5.24. The minimum Gasteiger partial charge on any atom is -0.491 e. The molecule has 1 saturated carbocycles. The molecule has 0 radical (unpaired) electrons. The van der Waals surface area contributed by atoms with Gasteiger partial charge in [0.15, 0.2) is 11.4 Å². The number of nitrogens with one attached hydrogen (secondary N) is 2. The van der Waals surface area contributed by atoms with E-state index in [1.807, 2.05) is 30.3 Å². The van der Waals surface area contributed by atoms with Crippen molar-refractivity contribution in [1.29, 1.82) is 5.41 Å². The van der Waals surface area contributed by atoms with Crippen LogP contribution in [0.2, 0.25) is 0 Å². The number of hydrogen-bond donors (Lipinski definition) is 2. The molecule has 0 unspecified atom stereocenters. The van der Waals surface area contributed by atoms with Crippen molar-refractivity contribution in [1.82, 2.24) is 24.9 Å². The van der Waals surface area contributed by atoms with Crippen LogP contribution in [0.25, 0.3) is 22.8 Å². The van der Waals surface area contributed by atoms with E-state index in [-0.39, 0.29) is 16.9 Å². The van der Waals surface area contributed by atoms with Crippen LogP contribution in [0, 0.1) is 11.3 Å². The topological polar surface area (TPSA) is 97.8 Å². The molecule has 0 saturated heterocycles. The van der Waals surface area contributed by atoms with Gasteiger partial charge in [-0.15, -0.1) is 0 Å². The molecule has 0 atom stereocenters. The lowest BCUT2D eigenvalue weighted by molar-refractivity contribution is 0.406. The van der Waals surface area contributed by atoms with E-state index in [1.54, 1.807) is 23.1 Å². The van der Waals surface area contributed by atoms with Crippen LogP contribution in [-0.4, -0.2) is 39.4 Å². The molecule has 1 aliphatic rings. The highest BCUT2D eigenvalue weighted by atomic mass is 16.5. The maximum absolute atomic E-state index is 12.9. The first-order chi connectivity index (χ1) is 14.2. The van der Waals surface area contributed by atoms with Crippen molar-refractivity contribution in [3.8, 4) is 22.8 Å². The molecule has 0 aliphatic heterocycles. The van der Waals surface area contributed by atoms with Crippen molar-refractivity contribution < 1.29 is 4.74 Å². The zero-order valence-electron chi connectivity index (χ0n) is 16.1. The van der Waals surface area contributed by atoms with Gasteiger partial charge in [0.05, 0.1) is 36.6 Å². The number of methoxy groups -OCH3 is 1. The second kappa shape index (κ2) is 8.14. The summed E-state index contributed by atoms with van der Waals surface area (Å²) in [5.41, 5.74) is 1.72. The Morgan fingerprint density at radius 1 is 1.31 bits per heavy atom. The Morgan fingerprint density at radius 3 is 2.79 bits per heavy atom. The molecular formula is C21H22N6O2. The molecule has 0 amide bonds. The second-order valence-corrected chi connectivity index (χ2v) is 6.85. The average Bonchev–Trinajstić information content (AvgIpc) is 3.45. The quantitative estimate of drug-likeness (QED) is 0.576. The monoisotopic (exact) mass is 390 g/mol. The third-order valence-corrected chi connectivity index (χ3v) is 4.76. The van der Waals surface area contributed by atoms with Crippen LogP contribution >= 0.6 is 0 Å². The molecular weight excluding hydrogens is 368 g/mol. The van der Waals surface area contributed by atoms with Crippen molar-refractivity contribution in [2.45, 2.75) is 12.8 Å². The molecule has 4 rings (SSSR count). The molecule has 2 aromatic heterocycles. The minimum atomic E-state index is -0.336. The molecule has 148 valence electrons. The lowest BCUT2D eigenvalue weighted by atomic mass is 10.2. The van der Waals surface area contributed by atoms with Gasteiger partial charge in [-0.05, 0) is 37.0 Å². The summed E-state index contributed by atoms with van der Waals surface area (Å²) < 4.78 is 8.43. The normalized spacial score (nSPS) is 13.9. The van der Waals surface area contributed by atoms with Gasteiger partial charge in [0.2, 0.25) is 0 Å². The molecule has 2 heterocycles. The predicted octanol–water partition coefficient (Wildman–Crippen LogP) is 2.55. The van der Waals surface area contributed by atoms with E-state index >= 15 is 0 Å². The summed E-state index contributed by atoms with van der Waals surface area (Å²) in [4.78, 5) is 12.9. The first kappa shape index (κ1) is 18.7. The highest BCUT2D eigenvalue weighted by Gasteiger charge is 2.20. The fourth-order valence-corrected chi connectivity index (χ4v) is 3.00. The summed E-state index contributed by atoms with van der Waals surface area (Å²) in [6, 6.07) is 11.3. The van der Waals surface area contributed by atoms with Crippen LogP contribution in [-0.2, 0) is 0 Å². The SMILES string of the molecule is COc1cn(/C(C=N)=C/NCC2CC2)nc(-c2ccnn2-c2ccccc2)c1=O. The van der Waals surface area contributed by atoms with E-state index < -0.39 is 0 Å². The summed E-state index contributed by atoms with van der Waals surface area (Å²) in [6.07, 6.45) is 8.51. The summed E-state index contributed by atoms with van der Waals surface area (Å²) >= 11 is 0. The van der Waals surface area contributed by atoms with E-state index in [9.17, 15) is 4.79 Å².